The quantitative estimate of drug-likeness (QED) is 0.166. The maximum atomic E-state index is 7.62. The SMILES string of the molecule is C1=CC2=C(CC1)C1(c3ccccc3S2)c2ccccc2-c2c(N(c3ccccc3)c3c4ccccc4cc4c3oc3c5ccccc5cc(N(c5ccccc5)c5ccccc5)c43)cccc21. The number of rotatable bonds is 6. The van der Waals surface area contributed by atoms with Crippen LogP contribution in [0, 0.1) is 0 Å². The van der Waals surface area contributed by atoms with Crippen molar-refractivity contribution in [2.24, 2.45) is 0 Å². The summed E-state index contributed by atoms with van der Waals surface area (Å²) in [6.07, 6.45) is 6.77. The Kier molecular flexibility index (Phi) is 8.56. The first-order valence-corrected chi connectivity index (χ1v) is 24.0. The Balaban J connectivity index is 1.13. The summed E-state index contributed by atoms with van der Waals surface area (Å²) in [5, 5.41) is 6.60. The van der Waals surface area contributed by atoms with E-state index in [2.05, 4.69) is 240 Å². The highest BCUT2D eigenvalue weighted by Crippen LogP contribution is 2.65. The lowest BCUT2D eigenvalue weighted by atomic mass is 9.65. The van der Waals surface area contributed by atoms with E-state index in [4.69, 9.17) is 4.42 Å². The van der Waals surface area contributed by atoms with E-state index >= 15 is 0 Å². The number of allylic oxidation sites excluding steroid dienone is 3. The van der Waals surface area contributed by atoms with Gasteiger partial charge in [-0.25, -0.2) is 0 Å². The van der Waals surface area contributed by atoms with Crippen LogP contribution in [-0.4, -0.2) is 0 Å². The topological polar surface area (TPSA) is 19.6 Å². The van der Waals surface area contributed by atoms with Crippen molar-refractivity contribution in [3.8, 4) is 11.1 Å². The fraction of sp³-hybridized carbons (Fsp3) is 0.0476. The minimum absolute atomic E-state index is 0.439. The zero-order chi connectivity index (χ0) is 44.1. The molecule has 0 N–H and O–H groups in total. The van der Waals surface area contributed by atoms with E-state index in [9.17, 15) is 0 Å². The molecule has 0 radical (unpaired) electrons. The normalized spacial score (nSPS) is 15.8. The van der Waals surface area contributed by atoms with Crippen LogP contribution in [0.4, 0.5) is 34.1 Å². The Labute approximate surface area is 393 Å². The van der Waals surface area contributed by atoms with Crippen LogP contribution in [0.5, 0.6) is 0 Å². The van der Waals surface area contributed by atoms with E-state index in [1.54, 1.807) is 0 Å². The molecule has 1 unspecified atom stereocenters. The maximum Gasteiger partial charge on any atom is 0.160 e. The van der Waals surface area contributed by atoms with Gasteiger partial charge in [-0.15, -0.1) is 0 Å². The molecular weight excluding hydrogens is 833 g/mol. The lowest BCUT2D eigenvalue weighted by Gasteiger charge is -2.42. The summed E-state index contributed by atoms with van der Waals surface area (Å²) < 4.78 is 7.62. The minimum Gasteiger partial charge on any atom is -0.453 e. The molecule has 4 heteroatoms. The molecule has 316 valence electrons. The summed E-state index contributed by atoms with van der Waals surface area (Å²) in [6, 6.07) is 80.0. The first-order valence-electron chi connectivity index (χ1n) is 23.2. The number of benzene rings is 10. The molecular formula is C63H42N2OS. The van der Waals surface area contributed by atoms with Gasteiger partial charge in [0.05, 0.1) is 27.9 Å². The van der Waals surface area contributed by atoms with Crippen molar-refractivity contribution in [3.63, 3.8) is 0 Å². The van der Waals surface area contributed by atoms with Gasteiger partial charge in [0, 0.05) is 48.6 Å². The molecule has 1 aromatic heterocycles. The van der Waals surface area contributed by atoms with E-state index in [1.165, 1.54) is 43.2 Å². The summed E-state index contributed by atoms with van der Waals surface area (Å²) >= 11 is 1.93. The zero-order valence-corrected chi connectivity index (χ0v) is 37.4. The van der Waals surface area contributed by atoms with E-state index < -0.39 is 5.41 Å². The molecule has 67 heavy (non-hydrogen) atoms. The van der Waals surface area contributed by atoms with Crippen molar-refractivity contribution in [3.05, 3.63) is 258 Å². The molecule has 0 saturated heterocycles. The molecule has 1 spiro atoms. The van der Waals surface area contributed by atoms with Crippen LogP contribution in [-0.2, 0) is 5.41 Å². The number of thioether (sulfide) groups is 1. The molecule has 0 fully saturated rings. The summed E-state index contributed by atoms with van der Waals surface area (Å²) in [6.45, 7) is 0. The summed E-state index contributed by atoms with van der Waals surface area (Å²) in [4.78, 5) is 7.59. The standard InChI is InChI=1S/C63H42N2OS/c1-4-23-43(24-5-1)64(44-25-6-2-7-26-44)55-40-42-22-11-13-30-47(42)61-59(55)49-39-41-21-10-12-29-46(41)60(62(49)66-61)65(45-27-8-3-9-28-45)54-36-20-35-53-58(54)48-31-14-15-32-50(48)63(53)51-33-16-18-37-56(51)67-57-38-19-17-34-52(57)63/h1-16,18-33,35-40H,17,34H2. The van der Waals surface area contributed by atoms with Gasteiger partial charge in [0.2, 0.25) is 0 Å². The first-order chi connectivity index (χ1) is 33.3. The van der Waals surface area contributed by atoms with Gasteiger partial charge in [0.15, 0.2) is 5.58 Å². The number of fused-ring (bicyclic) bond motifs is 14. The highest BCUT2D eigenvalue weighted by molar-refractivity contribution is 8.03. The smallest absolute Gasteiger partial charge is 0.160 e. The molecule has 11 aromatic rings. The van der Waals surface area contributed by atoms with Crippen LogP contribution >= 0.6 is 11.8 Å². The van der Waals surface area contributed by atoms with Crippen molar-refractivity contribution in [1.82, 2.24) is 0 Å². The van der Waals surface area contributed by atoms with Gasteiger partial charge in [-0.2, -0.15) is 0 Å². The van der Waals surface area contributed by atoms with Gasteiger partial charge in [-0.05, 0) is 112 Å². The Morgan fingerprint density at radius 2 is 1.06 bits per heavy atom. The molecule has 3 aliphatic rings. The highest BCUT2D eigenvalue weighted by atomic mass is 32.2. The van der Waals surface area contributed by atoms with Crippen LogP contribution in [0.1, 0.15) is 29.5 Å². The molecule has 0 bridgehead atoms. The van der Waals surface area contributed by atoms with Crippen molar-refractivity contribution >= 4 is 89.4 Å². The number of para-hydroxylation sites is 3. The van der Waals surface area contributed by atoms with Crippen molar-refractivity contribution in [2.75, 3.05) is 9.80 Å². The zero-order valence-electron chi connectivity index (χ0n) is 36.6. The lowest BCUT2D eigenvalue weighted by Crippen LogP contribution is -2.33. The van der Waals surface area contributed by atoms with Crippen molar-refractivity contribution < 1.29 is 4.42 Å². The van der Waals surface area contributed by atoms with Crippen LogP contribution in [0.15, 0.2) is 250 Å². The highest BCUT2D eigenvalue weighted by Gasteiger charge is 2.52. The van der Waals surface area contributed by atoms with Crippen LogP contribution in [0.25, 0.3) is 54.6 Å². The predicted molar refractivity (Wildman–Crippen MR) is 281 cm³/mol. The minimum atomic E-state index is -0.439. The fourth-order valence-electron chi connectivity index (χ4n) is 11.7. The molecule has 0 saturated carbocycles. The number of anilines is 6. The predicted octanol–water partition coefficient (Wildman–Crippen LogP) is 17.9. The fourth-order valence-corrected chi connectivity index (χ4v) is 12.9. The van der Waals surface area contributed by atoms with Crippen LogP contribution < -0.4 is 9.80 Å². The third-order valence-corrected chi connectivity index (χ3v) is 15.5. The first kappa shape index (κ1) is 38.2. The van der Waals surface area contributed by atoms with Gasteiger partial charge in [-0.3, -0.25) is 0 Å². The molecule has 3 nitrogen and oxygen atoms in total. The number of hydrogen-bond acceptors (Lipinski definition) is 4. The summed E-state index contributed by atoms with van der Waals surface area (Å²) in [5.74, 6) is 0. The molecule has 1 aliphatic heterocycles. The van der Waals surface area contributed by atoms with Crippen molar-refractivity contribution in [2.45, 2.75) is 23.2 Å². The average molecular weight is 875 g/mol. The molecule has 2 aliphatic carbocycles. The van der Waals surface area contributed by atoms with Crippen LogP contribution in [0.3, 0.4) is 0 Å². The molecule has 0 amide bonds. The second-order valence-electron chi connectivity index (χ2n) is 17.8. The van der Waals surface area contributed by atoms with E-state index in [1.807, 2.05) is 11.8 Å². The molecule has 2 heterocycles. The Morgan fingerprint density at radius 1 is 0.463 bits per heavy atom. The monoisotopic (exact) mass is 874 g/mol. The number of hydrogen-bond donors (Lipinski definition) is 0. The summed E-state index contributed by atoms with van der Waals surface area (Å²) in [5.41, 5.74) is 15.8. The second-order valence-corrected chi connectivity index (χ2v) is 18.9. The van der Waals surface area contributed by atoms with Gasteiger partial charge in [-0.1, -0.05) is 182 Å². The Bertz CT molecular complexity index is 3810. The molecule has 10 aromatic carbocycles. The molecule has 1 atom stereocenters. The largest absolute Gasteiger partial charge is 0.453 e. The van der Waals surface area contributed by atoms with E-state index in [0.717, 1.165) is 90.4 Å². The van der Waals surface area contributed by atoms with Gasteiger partial charge < -0.3 is 14.2 Å². The van der Waals surface area contributed by atoms with E-state index in [-0.39, 0.29) is 0 Å². The van der Waals surface area contributed by atoms with Gasteiger partial charge in [0.1, 0.15) is 5.58 Å². The van der Waals surface area contributed by atoms with Gasteiger partial charge >= 0.3 is 0 Å². The maximum absolute atomic E-state index is 7.62. The lowest BCUT2D eigenvalue weighted by molar-refractivity contribution is 0.672. The summed E-state index contributed by atoms with van der Waals surface area (Å²) in [7, 11) is 0. The van der Waals surface area contributed by atoms with Crippen molar-refractivity contribution in [1.29, 1.82) is 0 Å². The third kappa shape index (κ3) is 5.54. The Hall–Kier alpha value is -8.05. The average Bonchev–Trinajstić information content (AvgIpc) is 3.92. The number of furan rings is 1. The Morgan fingerprint density at radius 3 is 1.81 bits per heavy atom. The van der Waals surface area contributed by atoms with Crippen LogP contribution in [0.2, 0.25) is 0 Å². The second kappa shape index (κ2) is 15.0. The van der Waals surface area contributed by atoms with Gasteiger partial charge in [0.25, 0.3) is 0 Å². The molecule has 14 rings (SSSR count). The third-order valence-electron chi connectivity index (χ3n) is 14.3. The van der Waals surface area contributed by atoms with E-state index in [0.29, 0.717) is 0 Å². The number of nitrogens with zero attached hydrogens (tertiary/aromatic N) is 2.